The lowest BCUT2D eigenvalue weighted by Gasteiger charge is -2.10. The van der Waals surface area contributed by atoms with Crippen molar-refractivity contribution in [2.45, 2.75) is 0 Å². The summed E-state index contributed by atoms with van der Waals surface area (Å²) in [5.74, 6) is 0.579. The molecule has 9 heteroatoms. The van der Waals surface area contributed by atoms with Crippen molar-refractivity contribution in [1.82, 2.24) is 24.5 Å². The molecule has 0 aliphatic heterocycles. The van der Waals surface area contributed by atoms with Crippen LogP contribution >= 0.6 is 0 Å². The first kappa shape index (κ1) is 19.6. The summed E-state index contributed by atoms with van der Waals surface area (Å²) in [5, 5.41) is 6.14. The molecule has 3 N–H and O–H groups in total. The topological polar surface area (TPSA) is 86.7 Å². The molecule has 5 aromatic rings. The van der Waals surface area contributed by atoms with Gasteiger partial charge in [-0.3, -0.25) is 0 Å². The van der Waals surface area contributed by atoms with Crippen LogP contribution in [0.2, 0.25) is 0 Å². The van der Waals surface area contributed by atoms with Crippen LogP contribution in [0.1, 0.15) is 0 Å². The van der Waals surface area contributed by atoms with Crippen molar-refractivity contribution < 1.29 is 4.39 Å². The van der Waals surface area contributed by atoms with Crippen LogP contribution in [0.4, 0.5) is 33.5 Å². The van der Waals surface area contributed by atoms with E-state index in [-0.39, 0.29) is 5.82 Å². The number of hydrogen-bond donors (Lipinski definition) is 3. The zero-order valence-corrected chi connectivity index (χ0v) is 17.5. The van der Waals surface area contributed by atoms with Gasteiger partial charge in [-0.15, -0.1) is 0 Å². The number of imidazole rings is 1. The number of fused-ring (bicyclic) bond motifs is 1. The smallest absolute Gasteiger partial charge is 0.229 e. The molecule has 0 fully saturated rings. The monoisotopic (exact) mass is 428 g/mol. The Morgan fingerprint density at radius 1 is 0.938 bits per heavy atom. The van der Waals surface area contributed by atoms with Crippen molar-refractivity contribution in [3.8, 4) is 5.69 Å². The van der Waals surface area contributed by atoms with E-state index in [2.05, 4.69) is 30.6 Å². The molecule has 0 unspecified atom stereocenters. The van der Waals surface area contributed by atoms with E-state index >= 15 is 0 Å². The van der Waals surface area contributed by atoms with Crippen LogP contribution in [0.25, 0.3) is 16.7 Å². The van der Waals surface area contributed by atoms with Gasteiger partial charge < -0.3 is 25.1 Å². The van der Waals surface area contributed by atoms with E-state index in [4.69, 9.17) is 0 Å². The zero-order valence-electron chi connectivity index (χ0n) is 17.5. The molecule has 0 radical (unpaired) electrons. The third kappa shape index (κ3) is 3.95. The highest BCUT2D eigenvalue weighted by Crippen LogP contribution is 2.24. The van der Waals surface area contributed by atoms with Gasteiger partial charge in [0.05, 0.1) is 17.2 Å². The number of aromatic nitrogens is 5. The summed E-state index contributed by atoms with van der Waals surface area (Å²) >= 11 is 0. The summed E-state index contributed by atoms with van der Waals surface area (Å²) in [6, 6.07) is 17.3. The van der Waals surface area contributed by atoms with Crippen molar-refractivity contribution in [1.29, 1.82) is 0 Å². The van der Waals surface area contributed by atoms with Gasteiger partial charge in [-0.1, -0.05) is 0 Å². The fraction of sp³-hybridized carbons (Fsp3) is 0.0870. The van der Waals surface area contributed by atoms with Crippen LogP contribution in [0, 0.1) is 5.82 Å². The molecular weight excluding hydrogens is 407 g/mol. The minimum absolute atomic E-state index is 0.0816. The second kappa shape index (κ2) is 8.03. The molecule has 5 rings (SSSR count). The first-order chi connectivity index (χ1) is 15.5. The third-order valence-corrected chi connectivity index (χ3v) is 4.93. The van der Waals surface area contributed by atoms with Crippen LogP contribution in [0.15, 0.2) is 73.2 Å². The third-order valence-electron chi connectivity index (χ3n) is 4.93. The maximum absolute atomic E-state index is 14.4. The number of benzene rings is 2. The predicted molar refractivity (Wildman–Crippen MR) is 125 cm³/mol. The van der Waals surface area contributed by atoms with Gasteiger partial charge in [-0.25, -0.2) is 14.4 Å². The zero-order chi connectivity index (χ0) is 22.1. The van der Waals surface area contributed by atoms with Crippen LogP contribution in [-0.2, 0) is 0 Å². The number of rotatable bonds is 6. The standard InChI is InChI=1S/C23H21FN8/c1-31(2)23-28-19-10-7-16(13-20(19)29-23)26-21-18(24)14-25-22(30-21)27-15-5-8-17(9-6-15)32-11-3-4-12-32/h3-14H,1-2H3,(H,28,29)(H2,25,26,27,30). The maximum Gasteiger partial charge on any atom is 0.229 e. The normalized spacial score (nSPS) is 11.0. The molecule has 0 aliphatic carbocycles. The first-order valence-corrected chi connectivity index (χ1v) is 10.0. The molecule has 0 atom stereocenters. The minimum atomic E-state index is -0.544. The van der Waals surface area contributed by atoms with Crippen molar-refractivity contribution >= 4 is 40.1 Å². The van der Waals surface area contributed by atoms with Gasteiger partial charge in [0.2, 0.25) is 11.9 Å². The quantitative estimate of drug-likeness (QED) is 0.359. The van der Waals surface area contributed by atoms with Crippen LogP contribution in [-0.4, -0.2) is 38.6 Å². The van der Waals surface area contributed by atoms with E-state index in [9.17, 15) is 4.39 Å². The fourth-order valence-electron chi connectivity index (χ4n) is 3.29. The van der Waals surface area contributed by atoms with Gasteiger partial charge in [0, 0.05) is 43.6 Å². The number of nitrogens with one attached hydrogen (secondary N) is 3. The molecule has 8 nitrogen and oxygen atoms in total. The second-order valence-electron chi connectivity index (χ2n) is 7.46. The number of H-pyrrole nitrogens is 1. The summed E-state index contributed by atoms with van der Waals surface area (Å²) < 4.78 is 16.4. The molecule has 0 amide bonds. The number of anilines is 5. The van der Waals surface area contributed by atoms with Crippen molar-refractivity contribution in [3.63, 3.8) is 0 Å². The Morgan fingerprint density at radius 2 is 1.69 bits per heavy atom. The van der Waals surface area contributed by atoms with E-state index in [1.807, 2.05) is 90.6 Å². The largest absolute Gasteiger partial charge is 0.349 e. The Labute approximate surface area is 183 Å². The number of halogens is 1. The Morgan fingerprint density at radius 3 is 2.44 bits per heavy atom. The Hall–Kier alpha value is -4.40. The SMILES string of the molecule is CN(C)c1nc2ccc(Nc3nc(Nc4ccc(-n5cccc5)cc4)ncc3F)cc2[nH]1. The molecule has 2 aromatic carbocycles. The lowest BCUT2D eigenvalue weighted by molar-refractivity contribution is 0.619. The van der Waals surface area contributed by atoms with Gasteiger partial charge >= 0.3 is 0 Å². The maximum atomic E-state index is 14.4. The molecular formula is C23H21FN8. The minimum Gasteiger partial charge on any atom is -0.349 e. The van der Waals surface area contributed by atoms with Crippen LogP contribution < -0.4 is 15.5 Å². The Bertz CT molecular complexity index is 1360. The number of aromatic amines is 1. The molecule has 0 bridgehead atoms. The van der Waals surface area contributed by atoms with Gasteiger partial charge in [-0.05, 0) is 54.6 Å². The Kier molecular flexibility index (Phi) is 4.91. The van der Waals surface area contributed by atoms with Gasteiger partial charge in [0.15, 0.2) is 11.6 Å². The molecule has 0 spiro atoms. The van der Waals surface area contributed by atoms with Crippen LogP contribution in [0.5, 0.6) is 0 Å². The average Bonchev–Trinajstić information content (AvgIpc) is 3.46. The van der Waals surface area contributed by atoms with E-state index in [1.165, 1.54) is 0 Å². The van der Waals surface area contributed by atoms with E-state index in [0.29, 0.717) is 11.6 Å². The molecule has 3 heterocycles. The summed E-state index contributed by atoms with van der Waals surface area (Å²) in [6.45, 7) is 0. The summed E-state index contributed by atoms with van der Waals surface area (Å²) in [6.07, 6.45) is 5.10. The fourth-order valence-corrected chi connectivity index (χ4v) is 3.29. The lowest BCUT2D eigenvalue weighted by Crippen LogP contribution is -2.09. The van der Waals surface area contributed by atoms with Crippen LogP contribution in [0.3, 0.4) is 0 Å². The number of hydrogen-bond acceptors (Lipinski definition) is 6. The summed E-state index contributed by atoms with van der Waals surface area (Å²) in [4.78, 5) is 18.0. The second-order valence-corrected chi connectivity index (χ2v) is 7.46. The lowest BCUT2D eigenvalue weighted by atomic mass is 10.2. The average molecular weight is 428 g/mol. The highest BCUT2D eigenvalue weighted by molar-refractivity contribution is 5.82. The van der Waals surface area contributed by atoms with Crippen molar-refractivity contribution in [2.24, 2.45) is 0 Å². The molecule has 0 aliphatic rings. The van der Waals surface area contributed by atoms with Gasteiger partial charge in [0.1, 0.15) is 0 Å². The molecule has 3 aromatic heterocycles. The predicted octanol–water partition coefficient (Wildman–Crippen LogP) is 4.84. The Balaban J connectivity index is 1.35. The van der Waals surface area contributed by atoms with Gasteiger partial charge in [-0.2, -0.15) is 4.98 Å². The van der Waals surface area contributed by atoms with Crippen molar-refractivity contribution in [2.75, 3.05) is 29.6 Å². The highest BCUT2D eigenvalue weighted by Gasteiger charge is 2.10. The van der Waals surface area contributed by atoms with E-state index in [1.54, 1.807) is 0 Å². The van der Waals surface area contributed by atoms with E-state index in [0.717, 1.165) is 34.6 Å². The molecule has 0 saturated heterocycles. The number of nitrogens with zero attached hydrogens (tertiary/aromatic N) is 5. The molecule has 0 saturated carbocycles. The van der Waals surface area contributed by atoms with E-state index < -0.39 is 5.82 Å². The molecule has 32 heavy (non-hydrogen) atoms. The molecule has 160 valence electrons. The highest BCUT2D eigenvalue weighted by atomic mass is 19.1. The summed E-state index contributed by atoms with van der Waals surface area (Å²) in [5.41, 5.74) is 4.19. The van der Waals surface area contributed by atoms with Crippen molar-refractivity contribution in [3.05, 3.63) is 79.0 Å². The van der Waals surface area contributed by atoms with Gasteiger partial charge in [0.25, 0.3) is 0 Å². The first-order valence-electron chi connectivity index (χ1n) is 10.0. The summed E-state index contributed by atoms with van der Waals surface area (Å²) in [7, 11) is 3.82.